The van der Waals surface area contributed by atoms with Crippen LogP contribution in [0.1, 0.15) is 17.2 Å². The van der Waals surface area contributed by atoms with Crippen molar-refractivity contribution in [3.05, 3.63) is 64.7 Å². The van der Waals surface area contributed by atoms with E-state index in [-0.39, 0.29) is 6.61 Å². The fourth-order valence-electron chi connectivity index (χ4n) is 1.80. The SMILES string of the molecule is COc1ccc(COC(=O)[C@H](O)c2ccccc2)cc1Cl. The van der Waals surface area contributed by atoms with E-state index in [1.54, 1.807) is 48.5 Å². The zero-order valence-electron chi connectivity index (χ0n) is 11.5. The summed E-state index contributed by atoms with van der Waals surface area (Å²) in [5.74, 6) is -0.149. The van der Waals surface area contributed by atoms with Crippen LogP contribution in [0, 0.1) is 0 Å². The first kappa shape index (κ1) is 15.4. The van der Waals surface area contributed by atoms with Gasteiger partial charge in [0.15, 0.2) is 6.10 Å². The molecule has 1 atom stereocenters. The van der Waals surface area contributed by atoms with Crippen molar-refractivity contribution in [2.45, 2.75) is 12.7 Å². The third kappa shape index (κ3) is 3.97. The molecule has 0 aliphatic carbocycles. The lowest BCUT2D eigenvalue weighted by molar-refractivity contribution is -0.155. The summed E-state index contributed by atoms with van der Waals surface area (Å²) in [6, 6.07) is 13.7. The van der Waals surface area contributed by atoms with Gasteiger partial charge in [0.2, 0.25) is 0 Å². The zero-order chi connectivity index (χ0) is 15.2. The topological polar surface area (TPSA) is 55.8 Å². The largest absolute Gasteiger partial charge is 0.495 e. The number of halogens is 1. The van der Waals surface area contributed by atoms with Crippen LogP contribution in [0.5, 0.6) is 5.75 Å². The minimum atomic E-state index is -1.29. The Morgan fingerprint density at radius 1 is 1.24 bits per heavy atom. The highest BCUT2D eigenvalue weighted by Crippen LogP contribution is 2.25. The number of hydrogen-bond donors (Lipinski definition) is 1. The smallest absolute Gasteiger partial charge is 0.339 e. The van der Waals surface area contributed by atoms with Crippen molar-refractivity contribution < 1.29 is 19.4 Å². The average Bonchev–Trinajstić information content (AvgIpc) is 2.52. The third-order valence-corrected chi connectivity index (χ3v) is 3.23. The van der Waals surface area contributed by atoms with Crippen molar-refractivity contribution in [3.8, 4) is 5.75 Å². The van der Waals surface area contributed by atoms with Gasteiger partial charge in [0.05, 0.1) is 12.1 Å². The van der Waals surface area contributed by atoms with E-state index in [1.165, 1.54) is 7.11 Å². The van der Waals surface area contributed by atoms with Crippen LogP contribution < -0.4 is 4.74 Å². The number of carbonyl (C=O) groups excluding carboxylic acids is 1. The number of aliphatic hydroxyl groups excluding tert-OH is 1. The van der Waals surface area contributed by atoms with Crippen LogP contribution in [-0.4, -0.2) is 18.2 Å². The summed E-state index contributed by atoms with van der Waals surface area (Å²) in [5, 5.41) is 10.3. The lowest BCUT2D eigenvalue weighted by Gasteiger charge is -2.11. The summed E-state index contributed by atoms with van der Waals surface area (Å²) in [4.78, 5) is 11.8. The van der Waals surface area contributed by atoms with Crippen molar-refractivity contribution in [2.75, 3.05) is 7.11 Å². The molecule has 2 aromatic rings. The van der Waals surface area contributed by atoms with Gasteiger partial charge in [-0.15, -0.1) is 0 Å². The molecular weight excluding hydrogens is 292 g/mol. The monoisotopic (exact) mass is 306 g/mol. The molecule has 4 nitrogen and oxygen atoms in total. The van der Waals surface area contributed by atoms with Crippen LogP contribution in [0.3, 0.4) is 0 Å². The Morgan fingerprint density at radius 2 is 1.95 bits per heavy atom. The average molecular weight is 307 g/mol. The minimum absolute atomic E-state index is 0.0342. The number of methoxy groups -OCH3 is 1. The van der Waals surface area contributed by atoms with Gasteiger partial charge in [-0.1, -0.05) is 48.0 Å². The molecule has 1 N–H and O–H groups in total. The second kappa shape index (κ2) is 7.11. The number of esters is 1. The molecule has 0 radical (unpaired) electrons. The highest BCUT2D eigenvalue weighted by atomic mass is 35.5. The van der Waals surface area contributed by atoms with E-state index in [1.807, 2.05) is 0 Å². The lowest BCUT2D eigenvalue weighted by Crippen LogP contribution is -2.15. The van der Waals surface area contributed by atoms with Gasteiger partial charge in [0.1, 0.15) is 12.4 Å². The molecule has 0 unspecified atom stereocenters. The van der Waals surface area contributed by atoms with Gasteiger partial charge in [-0.25, -0.2) is 4.79 Å². The molecule has 0 fully saturated rings. The summed E-state index contributed by atoms with van der Waals surface area (Å²) in [7, 11) is 1.52. The number of benzene rings is 2. The second-order valence-corrected chi connectivity index (χ2v) is 4.80. The first-order valence-corrected chi connectivity index (χ1v) is 6.71. The van der Waals surface area contributed by atoms with Crippen molar-refractivity contribution in [1.29, 1.82) is 0 Å². The molecule has 21 heavy (non-hydrogen) atoms. The van der Waals surface area contributed by atoms with E-state index in [0.717, 1.165) is 5.56 Å². The molecule has 2 aromatic carbocycles. The van der Waals surface area contributed by atoms with Crippen LogP contribution in [0.4, 0.5) is 0 Å². The molecule has 0 spiro atoms. The zero-order valence-corrected chi connectivity index (χ0v) is 12.2. The maximum Gasteiger partial charge on any atom is 0.339 e. The summed E-state index contributed by atoms with van der Waals surface area (Å²) < 4.78 is 10.1. The third-order valence-electron chi connectivity index (χ3n) is 2.94. The van der Waals surface area contributed by atoms with Gasteiger partial charge in [0, 0.05) is 0 Å². The van der Waals surface area contributed by atoms with Crippen molar-refractivity contribution in [1.82, 2.24) is 0 Å². The first-order chi connectivity index (χ1) is 10.1. The fraction of sp³-hybridized carbons (Fsp3) is 0.188. The number of aliphatic hydroxyl groups is 1. The highest BCUT2D eigenvalue weighted by molar-refractivity contribution is 6.32. The maximum atomic E-state index is 11.8. The van der Waals surface area contributed by atoms with Crippen LogP contribution in [0.2, 0.25) is 5.02 Å². The van der Waals surface area contributed by atoms with Crippen molar-refractivity contribution in [3.63, 3.8) is 0 Å². The van der Waals surface area contributed by atoms with E-state index >= 15 is 0 Å². The van der Waals surface area contributed by atoms with Gasteiger partial charge in [0.25, 0.3) is 0 Å². The molecule has 0 heterocycles. The number of carbonyl (C=O) groups is 1. The molecular formula is C16H15ClO4. The Morgan fingerprint density at radius 3 is 2.57 bits per heavy atom. The van der Waals surface area contributed by atoms with E-state index in [0.29, 0.717) is 16.3 Å². The summed E-state index contributed by atoms with van der Waals surface area (Å²) in [6.07, 6.45) is -1.29. The molecule has 0 aliphatic rings. The van der Waals surface area contributed by atoms with Gasteiger partial charge >= 0.3 is 5.97 Å². The highest BCUT2D eigenvalue weighted by Gasteiger charge is 2.18. The Bertz CT molecular complexity index is 613. The summed E-state index contributed by atoms with van der Waals surface area (Å²) >= 11 is 5.99. The molecule has 0 aromatic heterocycles. The summed E-state index contributed by atoms with van der Waals surface area (Å²) in [5.41, 5.74) is 1.21. The Balaban J connectivity index is 1.96. The van der Waals surface area contributed by atoms with E-state index < -0.39 is 12.1 Å². The van der Waals surface area contributed by atoms with Crippen LogP contribution >= 0.6 is 11.6 Å². The fourth-order valence-corrected chi connectivity index (χ4v) is 2.08. The standard InChI is InChI=1S/C16H15ClO4/c1-20-14-8-7-11(9-13(14)17)10-21-16(19)15(18)12-5-3-2-4-6-12/h2-9,15,18H,10H2,1H3/t15-/m1/s1. The Hall–Kier alpha value is -2.04. The molecule has 0 saturated heterocycles. The van der Waals surface area contributed by atoms with Crippen molar-refractivity contribution >= 4 is 17.6 Å². The number of ether oxygens (including phenoxy) is 2. The number of hydrogen-bond acceptors (Lipinski definition) is 4. The minimum Gasteiger partial charge on any atom is -0.495 e. The molecule has 0 amide bonds. The van der Waals surface area contributed by atoms with Gasteiger partial charge < -0.3 is 14.6 Å². The maximum absolute atomic E-state index is 11.8. The predicted molar refractivity (Wildman–Crippen MR) is 79.2 cm³/mol. The predicted octanol–water partition coefficient (Wildman–Crippen LogP) is 3.13. The summed E-state index contributed by atoms with van der Waals surface area (Å²) in [6.45, 7) is 0.0342. The number of rotatable bonds is 5. The Kier molecular flexibility index (Phi) is 5.20. The van der Waals surface area contributed by atoms with Crippen molar-refractivity contribution in [2.24, 2.45) is 0 Å². The van der Waals surface area contributed by atoms with Gasteiger partial charge in [-0.05, 0) is 23.3 Å². The molecule has 5 heteroatoms. The van der Waals surface area contributed by atoms with E-state index in [4.69, 9.17) is 21.1 Å². The normalized spacial score (nSPS) is 11.8. The molecule has 2 rings (SSSR count). The van der Waals surface area contributed by atoms with Crippen LogP contribution in [0.25, 0.3) is 0 Å². The van der Waals surface area contributed by atoms with Gasteiger partial charge in [-0.2, -0.15) is 0 Å². The molecule has 0 saturated carbocycles. The molecule has 110 valence electrons. The molecule has 0 aliphatic heterocycles. The second-order valence-electron chi connectivity index (χ2n) is 4.39. The van der Waals surface area contributed by atoms with Gasteiger partial charge in [-0.3, -0.25) is 0 Å². The Labute approximate surface area is 127 Å². The first-order valence-electron chi connectivity index (χ1n) is 6.34. The lowest BCUT2D eigenvalue weighted by atomic mass is 10.1. The quantitative estimate of drug-likeness (QED) is 0.862. The van der Waals surface area contributed by atoms with E-state index in [2.05, 4.69) is 0 Å². The van der Waals surface area contributed by atoms with E-state index in [9.17, 15) is 9.90 Å². The van der Waals surface area contributed by atoms with Crippen LogP contribution in [-0.2, 0) is 16.1 Å². The molecule has 0 bridgehead atoms. The van der Waals surface area contributed by atoms with Crippen LogP contribution in [0.15, 0.2) is 48.5 Å².